The van der Waals surface area contributed by atoms with Gasteiger partial charge in [0.05, 0.1) is 31.3 Å². The lowest BCUT2D eigenvalue weighted by atomic mass is 9.96. The summed E-state index contributed by atoms with van der Waals surface area (Å²) in [7, 11) is 0. The van der Waals surface area contributed by atoms with Gasteiger partial charge in [-0.1, -0.05) is 56.3 Å². The number of rotatable bonds is 16. The zero-order valence-corrected chi connectivity index (χ0v) is 27.0. The fourth-order valence-electron chi connectivity index (χ4n) is 4.52. The maximum atomic E-state index is 13.1. The Bertz CT molecular complexity index is 1410. The summed E-state index contributed by atoms with van der Waals surface area (Å²) in [6, 6.07) is 12.7. The second kappa shape index (κ2) is 18.7. The quantitative estimate of drug-likeness (QED) is 0.122. The van der Waals surface area contributed by atoms with E-state index < -0.39 is 53.6 Å². The Labute approximate surface area is 280 Å². The first-order valence-electron chi connectivity index (χ1n) is 15.2. The van der Waals surface area contributed by atoms with Crippen molar-refractivity contribution in [3.8, 4) is 5.75 Å². The number of hydrogen-bond donors (Lipinski definition) is 8. The number of carboxylic acid groups (broad SMARTS) is 2. The summed E-state index contributed by atoms with van der Waals surface area (Å²) in [6.07, 6.45) is -4.37. The molecule has 3 atom stereocenters. The second-order valence-corrected chi connectivity index (χ2v) is 12.0. The molecule has 1 saturated heterocycles. The molecule has 0 spiro atoms. The Morgan fingerprint density at radius 1 is 0.878 bits per heavy atom. The maximum Gasteiger partial charge on any atom is 0.490 e. The van der Waals surface area contributed by atoms with Gasteiger partial charge in [-0.3, -0.25) is 19.7 Å². The average molecular weight is 698 g/mol. The molecule has 2 aromatic carbocycles. The number of hydrogen-bond acceptors (Lipinski definition) is 9. The number of amides is 3. The summed E-state index contributed by atoms with van der Waals surface area (Å²) in [6.45, 7) is 4.26. The minimum atomic E-state index is -5.08. The zero-order chi connectivity index (χ0) is 36.8. The number of nitrogens with one attached hydrogen (secondary N) is 4. The minimum Gasteiger partial charge on any atom is -0.508 e. The van der Waals surface area contributed by atoms with E-state index in [1.165, 1.54) is 12.1 Å². The number of carboxylic acids is 2. The van der Waals surface area contributed by atoms with Gasteiger partial charge in [0, 0.05) is 13.0 Å². The molecule has 0 aliphatic carbocycles. The number of phenolic OH excluding ortho intramolecular Hbond substituents is 1. The third-order valence-corrected chi connectivity index (χ3v) is 7.21. The number of phenols is 1. The molecule has 14 nitrogen and oxygen atoms in total. The van der Waals surface area contributed by atoms with Crippen molar-refractivity contribution in [1.82, 2.24) is 21.3 Å². The van der Waals surface area contributed by atoms with Crippen LogP contribution in [0.1, 0.15) is 31.4 Å². The van der Waals surface area contributed by atoms with E-state index in [2.05, 4.69) is 21.3 Å². The standard InChI is InChI=1S/C30H41N5O7.C2HF3O2/c1-19(2)12-25(29(40)41)35-28(39)24(14-20-6-4-3-5-7-20)34-26(37)15-33-30(17-42-18-30)16-32-27(38)23(31)13-21-8-10-22(36)11-9-21;3-2(4,5)1(6)7/h3-11,19,23-25,33,36H,12-18,31H2,1-2H3,(H,32,38)(H,34,37)(H,35,39)(H,40,41);(H,6,7)/t23-,24-,25-;/m0./s1. The lowest BCUT2D eigenvalue weighted by Gasteiger charge is -2.42. The number of benzene rings is 2. The number of nitrogens with two attached hydrogens (primary N) is 1. The van der Waals surface area contributed by atoms with Crippen LogP contribution in [0.2, 0.25) is 0 Å². The fourth-order valence-corrected chi connectivity index (χ4v) is 4.52. The number of halogens is 3. The monoisotopic (exact) mass is 697 g/mol. The Hall–Kier alpha value is -4.74. The van der Waals surface area contributed by atoms with E-state index in [-0.39, 0.29) is 63.1 Å². The van der Waals surface area contributed by atoms with Crippen LogP contribution in [0.4, 0.5) is 13.2 Å². The number of alkyl halides is 3. The molecule has 17 heteroatoms. The highest BCUT2D eigenvalue weighted by molar-refractivity contribution is 5.91. The molecule has 3 rings (SSSR count). The van der Waals surface area contributed by atoms with E-state index in [9.17, 15) is 42.6 Å². The van der Waals surface area contributed by atoms with Crippen LogP contribution in [0, 0.1) is 5.92 Å². The molecule has 49 heavy (non-hydrogen) atoms. The van der Waals surface area contributed by atoms with E-state index in [1.807, 2.05) is 44.2 Å². The summed E-state index contributed by atoms with van der Waals surface area (Å²) >= 11 is 0. The van der Waals surface area contributed by atoms with Crippen molar-refractivity contribution < 1.29 is 57.2 Å². The van der Waals surface area contributed by atoms with Gasteiger partial charge in [-0.25, -0.2) is 9.59 Å². The maximum absolute atomic E-state index is 13.1. The Morgan fingerprint density at radius 3 is 1.94 bits per heavy atom. The third-order valence-electron chi connectivity index (χ3n) is 7.21. The van der Waals surface area contributed by atoms with Gasteiger partial charge in [-0.05, 0) is 42.0 Å². The van der Waals surface area contributed by atoms with Gasteiger partial charge in [-0.15, -0.1) is 0 Å². The second-order valence-electron chi connectivity index (χ2n) is 12.0. The summed E-state index contributed by atoms with van der Waals surface area (Å²) in [4.78, 5) is 59.3. The summed E-state index contributed by atoms with van der Waals surface area (Å²) in [5.41, 5.74) is 6.98. The van der Waals surface area contributed by atoms with Gasteiger partial charge in [0.1, 0.15) is 17.8 Å². The van der Waals surface area contributed by atoms with Crippen LogP contribution in [-0.2, 0) is 41.6 Å². The van der Waals surface area contributed by atoms with Gasteiger partial charge in [0.2, 0.25) is 17.7 Å². The highest BCUT2D eigenvalue weighted by Gasteiger charge is 2.40. The van der Waals surface area contributed by atoms with Gasteiger partial charge in [-0.2, -0.15) is 13.2 Å². The number of carbonyl (C=O) groups excluding carboxylic acids is 3. The minimum absolute atomic E-state index is 0.0431. The molecule has 1 aliphatic heterocycles. The Morgan fingerprint density at radius 2 is 1.45 bits per heavy atom. The molecule has 1 heterocycles. The van der Waals surface area contributed by atoms with Crippen LogP contribution >= 0.6 is 0 Å². The molecule has 9 N–H and O–H groups in total. The number of ether oxygens (including phenoxy) is 1. The first-order valence-corrected chi connectivity index (χ1v) is 15.2. The van der Waals surface area contributed by atoms with Crippen molar-refractivity contribution in [3.63, 3.8) is 0 Å². The molecule has 270 valence electrons. The Balaban J connectivity index is 0.00000107. The predicted molar refractivity (Wildman–Crippen MR) is 169 cm³/mol. The summed E-state index contributed by atoms with van der Waals surface area (Å²) < 4.78 is 37.1. The van der Waals surface area contributed by atoms with E-state index >= 15 is 0 Å². The largest absolute Gasteiger partial charge is 0.508 e. The summed E-state index contributed by atoms with van der Waals surface area (Å²) in [5.74, 6) is -5.15. The summed E-state index contributed by atoms with van der Waals surface area (Å²) in [5, 5.41) is 37.3. The van der Waals surface area contributed by atoms with Crippen molar-refractivity contribution >= 4 is 29.7 Å². The van der Waals surface area contributed by atoms with Crippen molar-refractivity contribution in [2.45, 2.75) is 63.0 Å². The first kappa shape index (κ1) is 40.4. The number of aromatic hydroxyl groups is 1. The normalized spacial score (nSPS) is 15.3. The van der Waals surface area contributed by atoms with Crippen molar-refractivity contribution in [3.05, 3.63) is 65.7 Å². The molecule has 1 fully saturated rings. The third kappa shape index (κ3) is 14.5. The van der Waals surface area contributed by atoms with Gasteiger partial charge in [0.25, 0.3) is 0 Å². The highest BCUT2D eigenvalue weighted by Crippen LogP contribution is 2.17. The lowest BCUT2D eigenvalue weighted by Crippen LogP contribution is -2.68. The van der Waals surface area contributed by atoms with Gasteiger partial charge < -0.3 is 41.7 Å². The van der Waals surface area contributed by atoms with Crippen molar-refractivity contribution in [2.24, 2.45) is 11.7 Å². The molecule has 0 radical (unpaired) electrons. The molecule has 1 aliphatic rings. The SMILES string of the molecule is CC(C)C[C@H](NC(=O)[C@H](Cc1ccccc1)NC(=O)CNC1(CNC(=O)[C@@H](N)Cc2ccc(O)cc2)COC1)C(=O)O.O=C(O)C(F)(F)F. The van der Waals surface area contributed by atoms with Crippen LogP contribution in [0.3, 0.4) is 0 Å². The van der Waals surface area contributed by atoms with Gasteiger partial charge >= 0.3 is 18.1 Å². The molecular formula is C32H42F3N5O9. The van der Waals surface area contributed by atoms with Gasteiger partial charge in [0.15, 0.2) is 0 Å². The van der Waals surface area contributed by atoms with E-state index in [0.29, 0.717) is 0 Å². The lowest BCUT2D eigenvalue weighted by molar-refractivity contribution is -0.192. The molecule has 3 amide bonds. The predicted octanol–water partition coefficient (Wildman–Crippen LogP) is 0.713. The molecule has 2 aromatic rings. The fraction of sp³-hybridized carbons (Fsp3) is 0.469. The topological polar surface area (TPSA) is 229 Å². The number of carbonyl (C=O) groups is 5. The van der Waals surface area contributed by atoms with Crippen LogP contribution in [-0.4, -0.2) is 101 Å². The highest BCUT2D eigenvalue weighted by atomic mass is 19.4. The molecule has 0 saturated carbocycles. The average Bonchev–Trinajstić information content (AvgIpc) is 3.00. The van der Waals surface area contributed by atoms with Crippen LogP contribution in [0.15, 0.2) is 54.6 Å². The zero-order valence-electron chi connectivity index (χ0n) is 27.0. The molecule has 0 bridgehead atoms. The van der Waals surface area contributed by atoms with E-state index in [1.54, 1.807) is 12.1 Å². The van der Waals surface area contributed by atoms with E-state index in [4.69, 9.17) is 20.4 Å². The Kier molecular flexibility index (Phi) is 15.4. The first-order chi connectivity index (χ1) is 22.9. The molecule has 0 aromatic heterocycles. The smallest absolute Gasteiger partial charge is 0.490 e. The molecular weight excluding hydrogens is 655 g/mol. The molecule has 0 unspecified atom stereocenters. The van der Waals surface area contributed by atoms with Crippen LogP contribution in [0.5, 0.6) is 5.75 Å². The van der Waals surface area contributed by atoms with E-state index in [0.717, 1.165) is 11.1 Å². The van der Waals surface area contributed by atoms with Crippen LogP contribution in [0.25, 0.3) is 0 Å². The van der Waals surface area contributed by atoms with Crippen molar-refractivity contribution in [2.75, 3.05) is 26.3 Å². The van der Waals surface area contributed by atoms with Crippen molar-refractivity contribution in [1.29, 1.82) is 0 Å². The van der Waals surface area contributed by atoms with Crippen LogP contribution < -0.4 is 27.0 Å². The number of aliphatic carboxylic acids is 2.